The molecule has 6 nitrogen and oxygen atoms in total. The standard InChI is InChI=1S/C21H22N4O2/c1-25-11-7-17(8-12-25)27-20-13-16(5-10-23-20)24-21(26)19-4-2-3-15-14-22-9-6-18(15)19/h2-6,9-10,13-14,17H,7-8,11-12H2,1H3,(H,23,24,26). The highest BCUT2D eigenvalue weighted by Gasteiger charge is 2.19. The molecule has 1 saturated heterocycles. The topological polar surface area (TPSA) is 67.3 Å². The van der Waals surface area contributed by atoms with Gasteiger partial charge in [0.05, 0.1) is 0 Å². The Hall–Kier alpha value is -2.99. The minimum absolute atomic E-state index is 0.164. The first kappa shape index (κ1) is 17.4. The number of hydrogen-bond donors (Lipinski definition) is 1. The van der Waals surface area contributed by atoms with Crippen LogP contribution < -0.4 is 10.1 Å². The molecule has 3 aromatic rings. The number of nitrogens with one attached hydrogen (secondary N) is 1. The van der Waals surface area contributed by atoms with Gasteiger partial charge in [0.2, 0.25) is 5.88 Å². The average Bonchev–Trinajstić information content (AvgIpc) is 2.69. The second-order valence-corrected chi connectivity index (χ2v) is 6.86. The summed E-state index contributed by atoms with van der Waals surface area (Å²) >= 11 is 0. The third kappa shape index (κ3) is 4.06. The van der Waals surface area contributed by atoms with Gasteiger partial charge in [0.15, 0.2) is 0 Å². The molecule has 138 valence electrons. The van der Waals surface area contributed by atoms with Crippen LogP contribution in [0.15, 0.2) is 55.0 Å². The van der Waals surface area contributed by atoms with Gasteiger partial charge in [0.1, 0.15) is 6.10 Å². The summed E-state index contributed by atoms with van der Waals surface area (Å²) in [5.41, 5.74) is 1.29. The van der Waals surface area contributed by atoms with Crippen LogP contribution in [0.2, 0.25) is 0 Å². The van der Waals surface area contributed by atoms with E-state index in [1.54, 1.807) is 30.7 Å². The molecule has 0 aliphatic carbocycles. The molecular weight excluding hydrogens is 340 g/mol. The SMILES string of the molecule is CN1CCC(Oc2cc(NC(=O)c3cccc4cnccc34)ccn2)CC1. The van der Waals surface area contributed by atoms with Gasteiger partial charge in [0.25, 0.3) is 5.91 Å². The van der Waals surface area contributed by atoms with Gasteiger partial charge in [-0.15, -0.1) is 0 Å². The van der Waals surface area contributed by atoms with Crippen molar-refractivity contribution >= 4 is 22.4 Å². The average molecular weight is 362 g/mol. The number of anilines is 1. The zero-order valence-corrected chi connectivity index (χ0v) is 15.3. The quantitative estimate of drug-likeness (QED) is 0.771. The molecule has 0 spiro atoms. The third-order valence-corrected chi connectivity index (χ3v) is 4.87. The van der Waals surface area contributed by atoms with E-state index in [9.17, 15) is 4.79 Å². The highest BCUT2D eigenvalue weighted by Crippen LogP contribution is 2.22. The molecule has 0 atom stereocenters. The number of piperidine rings is 1. The van der Waals surface area contributed by atoms with E-state index in [0.717, 1.165) is 36.7 Å². The number of ether oxygens (including phenoxy) is 1. The van der Waals surface area contributed by atoms with Crippen LogP contribution in [0.5, 0.6) is 5.88 Å². The van der Waals surface area contributed by atoms with E-state index < -0.39 is 0 Å². The van der Waals surface area contributed by atoms with Crippen molar-refractivity contribution in [3.05, 3.63) is 60.6 Å². The van der Waals surface area contributed by atoms with Crippen molar-refractivity contribution in [1.29, 1.82) is 0 Å². The molecule has 1 fully saturated rings. The number of rotatable bonds is 4. The smallest absolute Gasteiger partial charge is 0.256 e. The number of carbonyl (C=O) groups is 1. The van der Waals surface area contributed by atoms with Crippen LogP contribution in [0.1, 0.15) is 23.2 Å². The third-order valence-electron chi connectivity index (χ3n) is 4.87. The predicted molar refractivity (Wildman–Crippen MR) is 105 cm³/mol. The maximum absolute atomic E-state index is 12.8. The lowest BCUT2D eigenvalue weighted by Crippen LogP contribution is -2.35. The minimum atomic E-state index is -0.164. The number of likely N-dealkylation sites (tertiary alicyclic amines) is 1. The van der Waals surface area contributed by atoms with E-state index in [0.29, 0.717) is 17.1 Å². The molecular formula is C21H22N4O2. The Morgan fingerprint density at radius 3 is 2.89 bits per heavy atom. The summed E-state index contributed by atoms with van der Waals surface area (Å²) in [4.78, 5) is 23.5. The number of hydrogen-bond acceptors (Lipinski definition) is 5. The number of pyridine rings is 2. The molecule has 2 aromatic heterocycles. The molecule has 1 aromatic carbocycles. The van der Waals surface area contributed by atoms with E-state index in [2.05, 4.69) is 27.2 Å². The fraction of sp³-hybridized carbons (Fsp3) is 0.286. The summed E-state index contributed by atoms with van der Waals surface area (Å²) in [6.45, 7) is 2.05. The second-order valence-electron chi connectivity index (χ2n) is 6.86. The Morgan fingerprint density at radius 2 is 2.04 bits per heavy atom. The van der Waals surface area contributed by atoms with Crippen LogP contribution in [-0.2, 0) is 0 Å². The van der Waals surface area contributed by atoms with Crippen molar-refractivity contribution in [1.82, 2.24) is 14.9 Å². The van der Waals surface area contributed by atoms with Gasteiger partial charge in [-0.25, -0.2) is 4.98 Å². The van der Waals surface area contributed by atoms with Crippen molar-refractivity contribution in [2.24, 2.45) is 0 Å². The molecule has 0 saturated carbocycles. The molecule has 1 aliphatic rings. The largest absolute Gasteiger partial charge is 0.474 e. The summed E-state index contributed by atoms with van der Waals surface area (Å²) in [7, 11) is 2.12. The van der Waals surface area contributed by atoms with E-state index in [1.165, 1.54) is 0 Å². The van der Waals surface area contributed by atoms with E-state index in [-0.39, 0.29) is 12.0 Å². The van der Waals surface area contributed by atoms with Crippen LogP contribution in [-0.4, -0.2) is 47.0 Å². The van der Waals surface area contributed by atoms with Gasteiger partial charge in [-0.3, -0.25) is 9.78 Å². The normalized spacial score (nSPS) is 15.6. The van der Waals surface area contributed by atoms with Crippen LogP contribution in [0.25, 0.3) is 10.8 Å². The van der Waals surface area contributed by atoms with Crippen molar-refractivity contribution in [2.75, 3.05) is 25.5 Å². The van der Waals surface area contributed by atoms with Crippen LogP contribution in [0.3, 0.4) is 0 Å². The number of fused-ring (bicyclic) bond motifs is 1. The molecule has 6 heteroatoms. The minimum Gasteiger partial charge on any atom is -0.474 e. The lowest BCUT2D eigenvalue weighted by molar-refractivity contribution is 0.102. The van der Waals surface area contributed by atoms with Crippen molar-refractivity contribution < 1.29 is 9.53 Å². The number of amides is 1. The summed E-state index contributed by atoms with van der Waals surface area (Å²) in [6.07, 6.45) is 7.25. The van der Waals surface area contributed by atoms with Gasteiger partial charge in [0, 0.05) is 54.4 Å². The van der Waals surface area contributed by atoms with Gasteiger partial charge >= 0.3 is 0 Å². The predicted octanol–water partition coefficient (Wildman–Crippen LogP) is 3.36. The maximum atomic E-state index is 12.8. The van der Waals surface area contributed by atoms with Gasteiger partial charge < -0.3 is 15.0 Å². The molecule has 27 heavy (non-hydrogen) atoms. The Kier molecular flexibility index (Phi) is 4.98. The zero-order chi connectivity index (χ0) is 18.6. The number of aromatic nitrogens is 2. The Labute approximate surface area is 158 Å². The molecule has 4 rings (SSSR count). The van der Waals surface area contributed by atoms with Crippen molar-refractivity contribution in [2.45, 2.75) is 18.9 Å². The summed E-state index contributed by atoms with van der Waals surface area (Å²) < 4.78 is 6.00. The first-order valence-electron chi connectivity index (χ1n) is 9.14. The van der Waals surface area contributed by atoms with Gasteiger partial charge in [-0.1, -0.05) is 12.1 Å². The number of carbonyl (C=O) groups excluding carboxylic acids is 1. The maximum Gasteiger partial charge on any atom is 0.256 e. The molecule has 0 unspecified atom stereocenters. The Balaban J connectivity index is 1.48. The molecule has 1 N–H and O–H groups in total. The van der Waals surface area contributed by atoms with Crippen molar-refractivity contribution in [3.63, 3.8) is 0 Å². The molecule has 1 amide bonds. The lowest BCUT2D eigenvalue weighted by atomic mass is 10.1. The summed E-state index contributed by atoms with van der Waals surface area (Å²) in [5.74, 6) is 0.382. The van der Waals surface area contributed by atoms with Crippen LogP contribution in [0, 0.1) is 0 Å². The fourth-order valence-electron chi connectivity index (χ4n) is 3.34. The van der Waals surface area contributed by atoms with E-state index >= 15 is 0 Å². The summed E-state index contributed by atoms with van der Waals surface area (Å²) in [6, 6.07) is 11.0. The summed E-state index contributed by atoms with van der Waals surface area (Å²) in [5, 5.41) is 4.76. The molecule has 3 heterocycles. The molecule has 0 bridgehead atoms. The van der Waals surface area contributed by atoms with Crippen LogP contribution >= 0.6 is 0 Å². The monoisotopic (exact) mass is 362 g/mol. The fourth-order valence-corrected chi connectivity index (χ4v) is 3.34. The lowest BCUT2D eigenvalue weighted by Gasteiger charge is -2.28. The number of nitrogens with zero attached hydrogens (tertiary/aromatic N) is 3. The Bertz CT molecular complexity index is 946. The first-order valence-corrected chi connectivity index (χ1v) is 9.14. The second kappa shape index (κ2) is 7.72. The highest BCUT2D eigenvalue weighted by molar-refractivity contribution is 6.12. The Morgan fingerprint density at radius 1 is 1.19 bits per heavy atom. The highest BCUT2D eigenvalue weighted by atomic mass is 16.5. The number of benzene rings is 1. The zero-order valence-electron chi connectivity index (χ0n) is 15.3. The molecule has 1 aliphatic heterocycles. The van der Waals surface area contributed by atoms with E-state index in [4.69, 9.17) is 4.74 Å². The van der Waals surface area contributed by atoms with Crippen LogP contribution in [0.4, 0.5) is 5.69 Å². The van der Waals surface area contributed by atoms with Gasteiger partial charge in [-0.05, 0) is 43.5 Å². The molecule has 0 radical (unpaired) electrons. The first-order chi connectivity index (χ1) is 13.2. The van der Waals surface area contributed by atoms with E-state index in [1.807, 2.05) is 24.3 Å². The van der Waals surface area contributed by atoms with Gasteiger partial charge in [-0.2, -0.15) is 0 Å². The van der Waals surface area contributed by atoms with Crippen molar-refractivity contribution in [3.8, 4) is 5.88 Å².